The minimum atomic E-state index is -0.201. The molecule has 1 aliphatic heterocycles. The molecule has 0 bridgehead atoms. The topological polar surface area (TPSA) is 74.5 Å². The number of amides is 1. The molecular formula is C28H29N3O5. The SMILES string of the molecule is COc1ccc(CCN(C)C(=O)CC(c2ccc3c(c2)OCO3)c2cnc3ccccn23)cc1OC. The van der Waals surface area contributed by atoms with Crippen molar-refractivity contribution in [2.45, 2.75) is 18.8 Å². The maximum absolute atomic E-state index is 13.4. The fraction of sp³-hybridized carbons (Fsp3) is 0.286. The highest BCUT2D eigenvalue weighted by atomic mass is 16.7. The Balaban J connectivity index is 1.36. The van der Waals surface area contributed by atoms with Crippen LogP contribution in [0.2, 0.25) is 0 Å². The van der Waals surface area contributed by atoms with Crippen molar-refractivity contribution in [1.29, 1.82) is 0 Å². The summed E-state index contributed by atoms with van der Waals surface area (Å²) in [6.45, 7) is 0.784. The van der Waals surface area contributed by atoms with E-state index in [1.807, 2.05) is 78.4 Å². The highest BCUT2D eigenvalue weighted by Gasteiger charge is 2.26. The Kier molecular flexibility index (Phi) is 6.66. The highest BCUT2D eigenvalue weighted by Crippen LogP contribution is 2.38. The molecule has 4 aromatic rings. The lowest BCUT2D eigenvalue weighted by Gasteiger charge is -2.22. The molecule has 0 saturated carbocycles. The lowest BCUT2D eigenvalue weighted by atomic mass is 9.91. The Morgan fingerprint density at radius 3 is 2.72 bits per heavy atom. The van der Waals surface area contributed by atoms with Crippen molar-refractivity contribution in [3.05, 3.63) is 83.8 Å². The number of hydrogen-bond acceptors (Lipinski definition) is 6. The van der Waals surface area contributed by atoms with Crippen LogP contribution < -0.4 is 18.9 Å². The Bertz CT molecular complexity index is 1380. The summed E-state index contributed by atoms with van der Waals surface area (Å²) in [5, 5.41) is 0. The number of pyridine rings is 1. The van der Waals surface area contributed by atoms with Crippen molar-refractivity contribution in [2.24, 2.45) is 0 Å². The summed E-state index contributed by atoms with van der Waals surface area (Å²) >= 11 is 0. The fourth-order valence-corrected chi connectivity index (χ4v) is 4.52. The number of aromatic nitrogens is 2. The molecule has 8 nitrogen and oxygen atoms in total. The van der Waals surface area contributed by atoms with Crippen LogP contribution in [0.3, 0.4) is 0 Å². The first kappa shape index (κ1) is 23.5. The molecule has 1 aliphatic rings. The first-order chi connectivity index (χ1) is 17.6. The number of fused-ring (bicyclic) bond motifs is 2. The predicted molar refractivity (Wildman–Crippen MR) is 135 cm³/mol. The number of likely N-dealkylation sites (N-methyl/N-ethyl adjacent to an activating group) is 1. The van der Waals surface area contributed by atoms with Gasteiger partial charge in [-0.25, -0.2) is 4.98 Å². The minimum absolute atomic E-state index is 0.0454. The van der Waals surface area contributed by atoms with Crippen LogP contribution in [-0.4, -0.2) is 54.8 Å². The molecule has 0 N–H and O–H groups in total. The summed E-state index contributed by atoms with van der Waals surface area (Å²) in [4.78, 5) is 19.8. The summed E-state index contributed by atoms with van der Waals surface area (Å²) in [5.74, 6) is 2.62. The van der Waals surface area contributed by atoms with E-state index in [1.54, 1.807) is 19.1 Å². The van der Waals surface area contributed by atoms with Gasteiger partial charge in [-0.3, -0.25) is 4.79 Å². The summed E-state index contributed by atoms with van der Waals surface area (Å²) in [5.41, 5.74) is 3.84. The Hall–Kier alpha value is -4.20. The molecule has 1 atom stereocenters. The molecule has 8 heteroatoms. The van der Waals surface area contributed by atoms with Gasteiger partial charge in [0.2, 0.25) is 12.7 Å². The van der Waals surface area contributed by atoms with Crippen LogP contribution in [0.5, 0.6) is 23.0 Å². The summed E-state index contributed by atoms with van der Waals surface area (Å²) < 4.78 is 23.9. The van der Waals surface area contributed by atoms with Crippen LogP contribution >= 0.6 is 0 Å². The molecule has 3 heterocycles. The van der Waals surface area contributed by atoms with E-state index in [-0.39, 0.29) is 18.6 Å². The second-order valence-corrected chi connectivity index (χ2v) is 8.74. The van der Waals surface area contributed by atoms with Gasteiger partial charge in [0.05, 0.1) is 19.9 Å². The highest BCUT2D eigenvalue weighted by molar-refractivity contribution is 5.77. The van der Waals surface area contributed by atoms with Crippen molar-refractivity contribution in [3.8, 4) is 23.0 Å². The van der Waals surface area contributed by atoms with Gasteiger partial charge in [-0.05, 0) is 53.9 Å². The molecule has 36 heavy (non-hydrogen) atoms. The number of imidazole rings is 1. The number of benzene rings is 2. The van der Waals surface area contributed by atoms with Crippen LogP contribution in [0, 0.1) is 0 Å². The van der Waals surface area contributed by atoms with Gasteiger partial charge in [0.15, 0.2) is 23.0 Å². The number of methoxy groups -OCH3 is 2. The van der Waals surface area contributed by atoms with Gasteiger partial charge in [0.25, 0.3) is 0 Å². The Labute approximate surface area is 210 Å². The summed E-state index contributed by atoms with van der Waals surface area (Å²) in [6.07, 6.45) is 4.82. The van der Waals surface area contributed by atoms with Crippen LogP contribution in [0.1, 0.15) is 29.2 Å². The van der Waals surface area contributed by atoms with E-state index < -0.39 is 0 Å². The van der Waals surface area contributed by atoms with Gasteiger partial charge in [0.1, 0.15) is 5.65 Å². The van der Waals surface area contributed by atoms with E-state index in [2.05, 4.69) is 4.98 Å². The van der Waals surface area contributed by atoms with Crippen molar-refractivity contribution in [3.63, 3.8) is 0 Å². The number of rotatable bonds is 9. The molecule has 0 saturated heterocycles. The first-order valence-electron chi connectivity index (χ1n) is 11.8. The Morgan fingerprint density at radius 1 is 1.06 bits per heavy atom. The van der Waals surface area contributed by atoms with E-state index in [1.165, 1.54) is 0 Å². The van der Waals surface area contributed by atoms with Gasteiger partial charge in [-0.15, -0.1) is 0 Å². The average molecular weight is 488 g/mol. The van der Waals surface area contributed by atoms with Gasteiger partial charge >= 0.3 is 0 Å². The number of ether oxygens (including phenoxy) is 4. The molecule has 0 aliphatic carbocycles. The second kappa shape index (κ2) is 10.2. The smallest absolute Gasteiger partial charge is 0.231 e. The maximum Gasteiger partial charge on any atom is 0.231 e. The van der Waals surface area contributed by atoms with Crippen molar-refractivity contribution in [2.75, 3.05) is 34.6 Å². The minimum Gasteiger partial charge on any atom is -0.493 e. The zero-order valence-corrected chi connectivity index (χ0v) is 20.6. The quantitative estimate of drug-likeness (QED) is 0.350. The number of hydrogen-bond donors (Lipinski definition) is 0. The molecular weight excluding hydrogens is 458 g/mol. The molecule has 5 rings (SSSR count). The van der Waals surface area contributed by atoms with Gasteiger partial charge < -0.3 is 28.2 Å². The monoisotopic (exact) mass is 487 g/mol. The molecule has 0 radical (unpaired) electrons. The Morgan fingerprint density at radius 2 is 1.89 bits per heavy atom. The third-order valence-corrected chi connectivity index (χ3v) is 6.59. The van der Waals surface area contributed by atoms with Gasteiger partial charge in [-0.2, -0.15) is 0 Å². The van der Waals surface area contributed by atoms with Crippen LogP contribution in [0.15, 0.2) is 67.0 Å². The van der Waals surface area contributed by atoms with Gasteiger partial charge in [0, 0.05) is 38.3 Å². The van der Waals surface area contributed by atoms with E-state index in [9.17, 15) is 4.79 Å². The fourth-order valence-electron chi connectivity index (χ4n) is 4.52. The molecule has 0 spiro atoms. The number of carbonyl (C=O) groups excluding carboxylic acids is 1. The predicted octanol–water partition coefficient (Wildman–Crippen LogP) is 4.30. The molecule has 1 unspecified atom stereocenters. The van der Waals surface area contributed by atoms with E-state index >= 15 is 0 Å². The largest absolute Gasteiger partial charge is 0.493 e. The van der Waals surface area contributed by atoms with E-state index in [0.29, 0.717) is 42.4 Å². The van der Waals surface area contributed by atoms with Crippen LogP contribution in [0.25, 0.3) is 5.65 Å². The summed E-state index contributed by atoms with van der Waals surface area (Å²) in [6, 6.07) is 17.6. The van der Waals surface area contributed by atoms with E-state index in [4.69, 9.17) is 18.9 Å². The third kappa shape index (κ3) is 4.66. The lowest BCUT2D eigenvalue weighted by Crippen LogP contribution is -2.30. The van der Waals surface area contributed by atoms with Crippen molar-refractivity contribution < 1.29 is 23.7 Å². The average Bonchev–Trinajstić information content (AvgIpc) is 3.56. The number of nitrogens with zero attached hydrogens (tertiary/aromatic N) is 3. The summed E-state index contributed by atoms with van der Waals surface area (Å²) in [7, 11) is 5.08. The maximum atomic E-state index is 13.4. The van der Waals surface area contributed by atoms with Gasteiger partial charge in [-0.1, -0.05) is 18.2 Å². The third-order valence-electron chi connectivity index (χ3n) is 6.59. The van der Waals surface area contributed by atoms with Crippen molar-refractivity contribution >= 4 is 11.6 Å². The zero-order valence-electron chi connectivity index (χ0n) is 20.6. The molecule has 2 aromatic heterocycles. The standard InChI is InChI=1S/C28H29N3O5/c1-30(13-11-19-7-9-23(33-2)25(14-19)34-3)28(32)16-21(20-8-10-24-26(15-20)36-18-35-24)22-17-29-27-6-4-5-12-31(22)27/h4-10,12,14-15,17,21H,11,13,16,18H2,1-3H3. The first-order valence-corrected chi connectivity index (χ1v) is 11.8. The molecule has 1 amide bonds. The molecule has 186 valence electrons. The van der Waals surface area contributed by atoms with Crippen molar-refractivity contribution in [1.82, 2.24) is 14.3 Å². The zero-order chi connectivity index (χ0) is 25.1. The number of carbonyl (C=O) groups is 1. The van der Waals surface area contributed by atoms with Crippen LogP contribution in [-0.2, 0) is 11.2 Å². The normalized spacial score (nSPS) is 13.0. The van der Waals surface area contributed by atoms with E-state index in [0.717, 1.165) is 22.5 Å². The second-order valence-electron chi connectivity index (χ2n) is 8.74. The lowest BCUT2D eigenvalue weighted by molar-refractivity contribution is -0.130. The molecule has 0 fully saturated rings. The van der Waals surface area contributed by atoms with Crippen LogP contribution in [0.4, 0.5) is 0 Å². The molecule has 2 aromatic carbocycles.